The van der Waals surface area contributed by atoms with Crippen LogP contribution in [0.15, 0.2) is 48.5 Å². The van der Waals surface area contributed by atoms with Crippen LogP contribution in [0.25, 0.3) is 0 Å². The molecule has 0 unspecified atom stereocenters. The number of hydrogen-bond donors (Lipinski definition) is 1. The molecule has 5 nitrogen and oxygen atoms in total. The third-order valence-electron chi connectivity index (χ3n) is 6.44. The van der Waals surface area contributed by atoms with Gasteiger partial charge in [-0.1, -0.05) is 49.2 Å². The van der Waals surface area contributed by atoms with Crippen molar-refractivity contribution in [3.05, 3.63) is 59.7 Å². The summed E-state index contributed by atoms with van der Waals surface area (Å²) in [6, 6.07) is 16.8. The molecule has 2 aliphatic rings. The van der Waals surface area contributed by atoms with E-state index in [0.29, 0.717) is 6.61 Å². The highest BCUT2D eigenvalue weighted by Crippen LogP contribution is 2.43. The number of ether oxygens (including phenoxy) is 3. The fraction of sp³-hybridized carbons (Fsp3) is 0.520. The largest absolute Gasteiger partial charge is 0.496 e. The van der Waals surface area contributed by atoms with Crippen LogP contribution in [-0.2, 0) is 16.8 Å². The Bertz CT molecular complexity index is 798. The molecule has 0 atom stereocenters. The second-order valence-electron chi connectivity index (χ2n) is 8.25. The number of para-hydroxylation sites is 2. The summed E-state index contributed by atoms with van der Waals surface area (Å²) in [4.78, 5) is 2.40. The highest BCUT2D eigenvalue weighted by atomic mass is 16.5. The van der Waals surface area contributed by atoms with Crippen molar-refractivity contribution in [3.8, 4) is 11.5 Å². The number of methoxy groups -OCH3 is 1. The molecule has 0 radical (unpaired) electrons. The first kappa shape index (κ1) is 21.2. The first-order chi connectivity index (χ1) is 14.8. The summed E-state index contributed by atoms with van der Waals surface area (Å²) in [5.74, 6) is 1.95. The Hall–Kier alpha value is -2.08. The van der Waals surface area contributed by atoms with Gasteiger partial charge in [0.25, 0.3) is 0 Å². The summed E-state index contributed by atoms with van der Waals surface area (Å²) in [6.07, 6.45) is 4.74. The summed E-state index contributed by atoms with van der Waals surface area (Å²) in [6.45, 7) is 6.07. The minimum Gasteiger partial charge on any atom is -0.496 e. The molecule has 1 aliphatic heterocycles. The van der Waals surface area contributed by atoms with Crippen LogP contribution in [0.5, 0.6) is 11.5 Å². The third kappa shape index (κ3) is 4.97. The van der Waals surface area contributed by atoms with Crippen molar-refractivity contribution in [1.29, 1.82) is 0 Å². The van der Waals surface area contributed by atoms with E-state index >= 15 is 0 Å². The van der Waals surface area contributed by atoms with Crippen LogP contribution in [0.1, 0.15) is 36.8 Å². The topological polar surface area (TPSA) is 43.0 Å². The number of rotatable bonds is 9. The van der Waals surface area contributed by atoms with Crippen molar-refractivity contribution in [2.75, 3.05) is 46.6 Å². The second-order valence-corrected chi connectivity index (χ2v) is 8.25. The number of hydrogen-bond acceptors (Lipinski definition) is 5. The molecule has 1 N–H and O–H groups in total. The van der Waals surface area contributed by atoms with Crippen LogP contribution in [0.3, 0.4) is 0 Å². The Morgan fingerprint density at radius 3 is 2.43 bits per heavy atom. The van der Waals surface area contributed by atoms with E-state index in [1.165, 1.54) is 24.0 Å². The molecule has 1 aliphatic carbocycles. The van der Waals surface area contributed by atoms with Crippen molar-refractivity contribution in [2.45, 2.75) is 37.8 Å². The van der Waals surface area contributed by atoms with E-state index in [1.807, 2.05) is 6.07 Å². The fourth-order valence-electron chi connectivity index (χ4n) is 4.72. The Labute approximate surface area is 180 Å². The normalized spacial score (nSPS) is 19.0. The van der Waals surface area contributed by atoms with Crippen LogP contribution in [0, 0.1) is 0 Å². The molecule has 0 aromatic heterocycles. The number of nitrogens with one attached hydrogen (secondary N) is 1. The van der Waals surface area contributed by atoms with E-state index in [4.69, 9.17) is 14.2 Å². The smallest absolute Gasteiger partial charge is 0.123 e. The molecule has 2 aromatic carbocycles. The van der Waals surface area contributed by atoms with Crippen LogP contribution in [-0.4, -0.2) is 51.5 Å². The highest BCUT2D eigenvalue weighted by molar-refractivity contribution is 5.40. The highest BCUT2D eigenvalue weighted by Gasteiger charge is 2.37. The third-order valence-corrected chi connectivity index (χ3v) is 6.44. The minimum absolute atomic E-state index is 0.0342. The van der Waals surface area contributed by atoms with E-state index in [2.05, 4.69) is 52.7 Å². The minimum atomic E-state index is -0.0342. The average molecular weight is 411 g/mol. The van der Waals surface area contributed by atoms with Crippen molar-refractivity contribution < 1.29 is 14.2 Å². The molecule has 2 fully saturated rings. The van der Waals surface area contributed by atoms with Crippen molar-refractivity contribution in [3.63, 3.8) is 0 Å². The van der Waals surface area contributed by atoms with E-state index in [-0.39, 0.29) is 5.54 Å². The number of benzene rings is 2. The molecule has 0 bridgehead atoms. The first-order valence-electron chi connectivity index (χ1n) is 11.2. The van der Waals surface area contributed by atoms with Gasteiger partial charge in [-0.2, -0.15) is 0 Å². The molecule has 1 saturated heterocycles. The second kappa shape index (κ2) is 10.3. The van der Waals surface area contributed by atoms with Gasteiger partial charge in [-0.25, -0.2) is 0 Å². The Morgan fingerprint density at radius 2 is 1.67 bits per heavy atom. The van der Waals surface area contributed by atoms with Gasteiger partial charge in [0.05, 0.1) is 20.3 Å². The predicted molar refractivity (Wildman–Crippen MR) is 119 cm³/mol. The molecule has 162 valence electrons. The zero-order valence-corrected chi connectivity index (χ0v) is 18.1. The molecule has 1 heterocycles. The first-order valence-corrected chi connectivity index (χ1v) is 11.2. The summed E-state index contributed by atoms with van der Waals surface area (Å²) in [7, 11) is 1.76. The monoisotopic (exact) mass is 410 g/mol. The molecular weight excluding hydrogens is 376 g/mol. The maximum absolute atomic E-state index is 6.19. The standard InChI is InChI=1S/C25H34N2O3/c1-28-24-11-5-3-9-22(24)25(12-6-7-13-25)26-20-21-8-2-4-10-23(21)30-19-16-27-14-17-29-18-15-27/h2-5,8-11,26H,6-7,12-20H2,1H3. The van der Waals surface area contributed by atoms with Crippen LogP contribution >= 0.6 is 0 Å². The van der Waals surface area contributed by atoms with Gasteiger partial charge in [-0.3, -0.25) is 4.90 Å². The maximum Gasteiger partial charge on any atom is 0.123 e. The van der Waals surface area contributed by atoms with Gasteiger partial charge >= 0.3 is 0 Å². The lowest BCUT2D eigenvalue weighted by molar-refractivity contribution is 0.0322. The summed E-state index contributed by atoms with van der Waals surface area (Å²) in [5.41, 5.74) is 2.45. The van der Waals surface area contributed by atoms with Crippen LogP contribution in [0.2, 0.25) is 0 Å². The summed E-state index contributed by atoms with van der Waals surface area (Å²) < 4.78 is 17.3. The Balaban J connectivity index is 1.42. The molecule has 4 rings (SSSR count). The van der Waals surface area contributed by atoms with Crippen molar-refractivity contribution in [2.24, 2.45) is 0 Å². The van der Waals surface area contributed by atoms with Gasteiger partial charge in [-0.05, 0) is 25.0 Å². The summed E-state index contributed by atoms with van der Waals surface area (Å²) in [5, 5.41) is 3.90. The van der Waals surface area contributed by atoms with E-state index < -0.39 is 0 Å². The van der Waals surface area contributed by atoms with Crippen LogP contribution in [0.4, 0.5) is 0 Å². The Morgan fingerprint density at radius 1 is 0.967 bits per heavy atom. The van der Waals surface area contributed by atoms with Crippen molar-refractivity contribution in [1.82, 2.24) is 10.2 Å². The van der Waals surface area contributed by atoms with Crippen molar-refractivity contribution >= 4 is 0 Å². The summed E-state index contributed by atoms with van der Waals surface area (Å²) >= 11 is 0. The number of nitrogens with zero attached hydrogens (tertiary/aromatic N) is 1. The maximum atomic E-state index is 6.19. The lowest BCUT2D eigenvalue weighted by Gasteiger charge is -2.33. The molecule has 2 aromatic rings. The SMILES string of the molecule is COc1ccccc1C1(NCc2ccccc2OCCN2CCOCC2)CCCC1. The van der Waals surface area contributed by atoms with Gasteiger partial charge in [0.2, 0.25) is 0 Å². The zero-order valence-electron chi connectivity index (χ0n) is 18.1. The van der Waals surface area contributed by atoms with Gasteiger partial charge in [-0.15, -0.1) is 0 Å². The van der Waals surface area contributed by atoms with Gasteiger partial charge < -0.3 is 19.5 Å². The van der Waals surface area contributed by atoms with Gasteiger partial charge in [0, 0.05) is 42.8 Å². The Kier molecular flexibility index (Phi) is 7.26. The van der Waals surface area contributed by atoms with E-state index in [1.54, 1.807) is 7.11 Å². The lowest BCUT2D eigenvalue weighted by atomic mass is 9.87. The molecule has 5 heteroatoms. The quantitative estimate of drug-likeness (QED) is 0.678. The molecule has 30 heavy (non-hydrogen) atoms. The molecule has 1 saturated carbocycles. The molecule has 0 spiro atoms. The molecular formula is C25H34N2O3. The lowest BCUT2D eigenvalue weighted by Crippen LogP contribution is -2.40. The van der Waals surface area contributed by atoms with Gasteiger partial charge in [0.1, 0.15) is 18.1 Å². The molecule has 0 amide bonds. The number of morpholine rings is 1. The van der Waals surface area contributed by atoms with E-state index in [0.717, 1.165) is 63.7 Å². The average Bonchev–Trinajstić information content (AvgIpc) is 3.29. The van der Waals surface area contributed by atoms with Crippen LogP contribution < -0.4 is 14.8 Å². The predicted octanol–water partition coefficient (Wildman–Crippen LogP) is 3.97. The van der Waals surface area contributed by atoms with E-state index in [9.17, 15) is 0 Å². The zero-order chi connectivity index (χ0) is 20.7. The van der Waals surface area contributed by atoms with Gasteiger partial charge in [0.15, 0.2) is 0 Å². The fourth-order valence-corrected chi connectivity index (χ4v) is 4.72.